The second kappa shape index (κ2) is 12.9. The molecule has 0 bridgehead atoms. The Morgan fingerprint density at radius 2 is 1.91 bits per heavy atom. The lowest BCUT2D eigenvalue weighted by Gasteiger charge is -2.24. The maximum atomic E-state index is 13.2. The molecular weight excluding hydrogens is 454 g/mol. The summed E-state index contributed by atoms with van der Waals surface area (Å²) in [7, 11) is 0. The molecule has 0 aliphatic carbocycles. The van der Waals surface area contributed by atoms with E-state index >= 15 is 0 Å². The zero-order valence-corrected chi connectivity index (χ0v) is 20.5. The number of carboxylic acid groups (broad SMARTS) is 1. The third kappa shape index (κ3) is 7.81. The quantitative estimate of drug-likeness (QED) is 0.278. The molecule has 1 aromatic rings. The maximum absolute atomic E-state index is 13.2. The van der Waals surface area contributed by atoms with E-state index in [2.05, 4.69) is 15.6 Å². The van der Waals surface area contributed by atoms with Crippen molar-refractivity contribution >= 4 is 34.9 Å². The number of Topliss-reactive ketones (excluding diaryl/α,β-unsaturated/α-hetero) is 1. The third-order valence-corrected chi connectivity index (χ3v) is 5.89. The van der Waals surface area contributed by atoms with Crippen LogP contribution in [0.4, 0.5) is 5.82 Å². The number of amides is 1. The number of nitrogens with one attached hydrogen (secondary N) is 3. The molecule has 12 heteroatoms. The minimum Gasteiger partial charge on any atom is -0.805 e. The predicted octanol–water partition coefficient (Wildman–Crippen LogP) is 0.843. The van der Waals surface area contributed by atoms with Crippen LogP contribution in [0.5, 0.6) is 0 Å². The molecule has 1 amide bonds. The molecule has 4 N–H and O–H groups in total. The Morgan fingerprint density at radius 3 is 2.46 bits per heavy atom. The van der Waals surface area contributed by atoms with Gasteiger partial charge in [-0.1, -0.05) is 13.8 Å². The molecule has 1 aliphatic rings. The highest BCUT2D eigenvalue weighted by atomic mass is 16.4. The number of carbonyl (C=O) groups is 3. The van der Waals surface area contributed by atoms with E-state index in [0.717, 1.165) is 25.9 Å². The smallest absolute Gasteiger partial charge is 0.305 e. The molecular formula is C23H34N7O5-. The standard InChI is InChI=1S/C23H34N7O5/c1-4-15-12-30(23(35)21(27-15)26-11-16(25)14(3)24)18(5-2)22(34)28-17(10-20(32)33)19(31)13-29-8-6-7-9-29/h12,17-18,24H,4-11,13H2,1-3H3,(H,26,27)(H,28,34)(H,32,33)/q-1. The summed E-state index contributed by atoms with van der Waals surface area (Å²) in [5, 5.41) is 31.8. The molecule has 1 fully saturated rings. The summed E-state index contributed by atoms with van der Waals surface area (Å²) in [6.45, 7) is 6.32. The summed E-state index contributed by atoms with van der Waals surface area (Å²) in [4.78, 5) is 56.6. The zero-order valence-electron chi connectivity index (χ0n) is 20.5. The van der Waals surface area contributed by atoms with Crippen LogP contribution in [0.1, 0.15) is 58.2 Å². The van der Waals surface area contributed by atoms with E-state index in [1.165, 1.54) is 17.7 Å². The average molecular weight is 489 g/mol. The number of carbonyl (C=O) groups excluding carboxylic acids is 2. The summed E-state index contributed by atoms with van der Waals surface area (Å²) in [6, 6.07) is -2.22. The SMILES string of the molecule is CCc1cn(C(CC)C(=O)NC(CC(=O)O)C(=O)CN2CCCC2)c(=O)c(NCC(=[N-])C(C)=N)n1. The van der Waals surface area contributed by atoms with Crippen LogP contribution in [-0.2, 0) is 20.8 Å². The van der Waals surface area contributed by atoms with Gasteiger partial charge in [0.25, 0.3) is 5.56 Å². The highest BCUT2D eigenvalue weighted by Gasteiger charge is 2.30. The first-order chi connectivity index (χ1) is 16.6. The molecule has 0 aromatic carbocycles. The van der Waals surface area contributed by atoms with Gasteiger partial charge in [-0.2, -0.15) is 0 Å². The van der Waals surface area contributed by atoms with Crippen molar-refractivity contribution in [3.63, 3.8) is 0 Å². The average Bonchev–Trinajstić information content (AvgIpc) is 3.31. The van der Waals surface area contributed by atoms with Crippen LogP contribution in [0.2, 0.25) is 0 Å². The van der Waals surface area contributed by atoms with Crippen molar-refractivity contribution in [2.24, 2.45) is 0 Å². The van der Waals surface area contributed by atoms with Crippen LogP contribution in [-0.4, -0.2) is 80.9 Å². The molecule has 0 radical (unpaired) electrons. The summed E-state index contributed by atoms with van der Waals surface area (Å²) in [6.07, 6.45) is 3.52. The van der Waals surface area contributed by atoms with Gasteiger partial charge in [0.1, 0.15) is 6.04 Å². The van der Waals surface area contributed by atoms with Crippen molar-refractivity contribution in [3.05, 3.63) is 27.7 Å². The molecule has 0 spiro atoms. The van der Waals surface area contributed by atoms with Crippen LogP contribution >= 0.6 is 0 Å². The summed E-state index contributed by atoms with van der Waals surface area (Å²) in [5.41, 5.74) is -0.412. The lowest BCUT2D eigenvalue weighted by molar-refractivity contribution is -0.140. The molecule has 192 valence electrons. The number of ketones is 1. The van der Waals surface area contributed by atoms with Gasteiger partial charge in [0.2, 0.25) is 5.91 Å². The van der Waals surface area contributed by atoms with E-state index in [0.29, 0.717) is 12.1 Å². The number of hydrogen-bond acceptors (Lipinski definition) is 8. The summed E-state index contributed by atoms with van der Waals surface area (Å²) in [5.74, 6) is -2.32. The van der Waals surface area contributed by atoms with E-state index in [-0.39, 0.29) is 42.5 Å². The number of aliphatic carboxylic acids is 1. The molecule has 35 heavy (non-hydrogen) atoms. The Bertz CT molecular complexity index is 1030. The topological polar surface area (TPSA) is 180 Å². The van der Waals surface area contributed by atoms with E-state index in [4.69, 9.17) is 5.41 Å². The second-order valence-electron chi connectivity index (χ2n) is 8.60. The Balaban J connectivity index is 2.28. The number of aryl methyl sites for hydroxylation is 1. The van der Waals surface area contributed by atoms with Gasteiger partial charge in [-0.05, 0) is 45.7 Å². The van der Waals surface area contributed by atoms with Gasteiger partial charge >= 0.3 is 5.97 Å². The van der Waals surface area contributed by atoms with Gasteiger partial charge in [-0.15, -0.1) is 5.71 Å². The van der Waals surface area contributed by atoms with Gasteiger partial charge in [0, 0.05) is 18.5 Å². The number of carboxylic acids is 1. The van der Waals surface area contributed by atoms with Crippen molar-refractivity contribution in [2.45, 2.75) is 65.0 Å². The van der Waals surface area contributed by atoms with Crippen molar-refractivity contribution in [2.75, 3.05) is 31.5 Å². The molecule has 2 unspecified atom stereocenters. The van der Waals surface area contributed by atoms with Crippen molar-refractivity contribution in [1.82, 2.24) is 19.8 Å². The maximum Gasteiger partial charge on any atom is 0.305 e. The minimum atomic E-state index is -1.21. The molecule has 12 nitrogen and oxygen atoms in total. The number of aromatic nitrogens is 2. The van der Waals surface area contributed by atoms with Gasteiger partial charge in [0.05, 0.1) is 24.7 Å². The Hall–Kier alpha value is -3.41. The Morgan fingerprint density at radius 1 is 1.26 bits per heavy atom. The second-order valence-corrected chi connectivity index (χ2v) is 8.60. The number of rotatable bonds is 14. The third-order valence-electron chi connectivity index (χ3n) is 5.89. The summed E-state index contributed by atoms with van der Waals surface area (Å²) < 4.78 is 1.21. The van der Waals surface area contributed by atoms with Gasteiger partial charge in [-0.3, -0.25) is 28.6 Å². The van der Waals surface area contributed by atoms with Gasteiger partial charge < -0.3 is 26.6 Å². The van der Waals surface area contributed by atoms with Crippen molar-refractivity contribution in [1.29, 1.82) is 5.41 Å². The number of anilines is 1. The van der Waals surface area contributed by atoms with Crippen LogP contribution in [0, 0.1) is 5.41 Å². The molecule has 2 rings (SSSR count). The number of nitrogens with zero attached hydrogens (tertiary/aromatic N) is 4. The van der Waals surface area contributed by atoms with Crippen LogP contribution in [0.15, 0.2) is 11.0 Å². The molecule has 1 aromatic heterocycles. The van der Waals surface area contributed by atoms with E-state index in [1.807, 2.05) is 11.8 Å². The fraction of sp³-hybridized carbons (Fsp3) is 0.609. The molecule has 1 aliphatic heterocycles. The molecule has 0 saturated carbocycles. The minimum absolute atomic E-state index is 0.0571. The largest absolute Gasteiger partial charge is 0.805 e. The lowest BCUT2D eigenvalue weighted by atomic mass is 10.1. The fourth-order valence-electron chi connectivity index (χ4n) is 3.85. The van der Waals surface area contributed by atoms with E-state index in [1.54, 1.807) is 6.92 Å². The van der Waals surface area contributed by atoms with E-state index < -0.39 is 35.9 Å². The normalized spacial score (nSPS) is 15.3. The first-order valence-electron chi connectivity index (χ1n) is 11.8. The molecule has 1 saturated heterocycles. The van der Waals surface area contributed by atoms with Crippen molar-refractivity contribution in [3.8, 4) is 0 Å². The van der Waals surface area contributed by atoms with Crippen LogP contribution in [0.25, 0.3) is 5.41 Å². The zero-order chi connectivity index (χ0) is 26.1. The van der Waals surface area contributed by atoms with Gasteiger partial charge in [-0.25, -0.2) is 4.98 Å². The monoisotopic (exact) mass is 488 g/mol. The van der Waals surface area contributed by atoms with E-state index in [9.17, 15) is 29.7 Å². The highest BCUT2D eigenvalue weighted by molar-refractivity contribution is 6.42. The number of likely N-dealkylation sites (tertiary alicyclic amines) is 1. The Labute approximate surface area is 204 Å². The van der Waals surface area contributed by atoms with Crippen LogP contribution < -0.4 is 16.2 Å². The Kier molecular flexibility index (Phi) is 10.2. The number of hydrogen-bond donors (Lipinski definition) is 4. The predicted molar refractivity (Wildman–Crippen MR) is 132 cm³/mol. The summed E-state index contributed by atoms with van der Waals surface area (Å²) >= 11 is 0. The van der Waals surface area contributed by atoms with Crippen LogP contribution in [0.3, 0.4) is 0 Å². The molecule has 2 atom stereocenters. The fourth-order valence-corrected chi connectivity index (χ4v) is 3.85. The molecule has 2 heterocycles. The lowest BCUT2D eigenvalue weighted by Crippen LogP contribution is -2.49. The highest BCUT2D eigenvalue weighted by Crippen LogP contribution is 2.14. The first-order valence-corrected chi connectivity index (χ1v) is 11.8. The van der Waals surface area contributed by atoms with Crippen molar-refractivity contribution < 1.29 is 19.5 Å². The van der Waals surface area contributed by atoms with Gasteiger partial charge in [0.15, 0.2) is 11.6 Å². The first kappa shape index (κ1) is 27.8.